The SMILES string of the molecule is CC1(C)CCCC(NS(=O)(=O)c2ccc(C(=O)O)cn2)C1. The molecule has 1 aromatic rings. The number of rotatable bonds is 4. The average Bonchev–Trinajstić information content (AvgIpc) is 2.37. The molecule has 116 valence electrons. The molecule has 1 aliphatic rings. The molecular weight excluding hydrogens is 292 g/mol. The van der Waals surface area contributed by atoms with Crippen LogP contribution >= 0.6 is 0 Å². The van der Waals surface area contributed by atoms with Gasteiger partial charge in [-0.2, -0.15) is 0 Å². The Labute approximate surface area is 124 Å². The summed E-state index contributed by atoms with van der Waals surface area (Å²) in [5.41, 5.74) is 0.0965. The highest BCUT2D eigenvalue weighted by Gasteiger charge is 2.31. The molecule has 0 saturated heterocycles. The number of hydrogen-bond acceptors (Lipinski definition) is 4. The largest absolute Gasteiger partial charge is 0.478 e. The monoisotopic (exact) mass is 312 g/mol. The van der Waals surface area contributed by atoms with Gasteiger partial charge >= 0.3 is 5.97 Å². The Hall–Kier alpha value is -1.47. The number of aromatic carboxylic acids is 1. The van der Waals surface area contributed by atoms with Gasteiger partial charge in [0, 0.05) is 12.2 Å². The highest BCUT2D eigenvalue weighted by atomic mass is 32.2. The van der Waals surface area contributed by atoms with Crippen LogP contribution in [0.3, 0.4) is 0 Å². The number of carboxylic acids is 1. The summed E-state index contributed by atoms with van der Waals surface area (Å²) in [6, 6.07) is 2.37. The van der Waals surface area contributed by atoms with Crippen molar-refractivity contribution in [3.05, 3.63) is 23.9 Å². The van der Waals surface area contributed by atoms with Gasteiger partial charge in [0.25, 0.3) is 10.0 Å². The Morgan fingerprint density at radius 1 is 1.43 bits per heavy atom. The van der Waals surface area contributed by atoms with Gasteiger partial charge in [0.05, 0.1) is 5.56 Å². The molecule has 1 aromatic heterocycles. The van der Waals surface area contributed by atoms with E-state index in [0.29, 0.717) is 0 Å². The minimum absolute atomic E-state index is 0.0345. The molecule has 0 spiro atoms. The van der Waals surface area contributed by atoms with Crippen molar-refractivity contribution in [2.24, 2.45) is 5.41 Å². The lowest BCUT2D eigenvalue weighted by Gasteiger charge is -2.35. The van der Waals surface area contributed by atoms with Crippen molar-refractivity contribution in [3.8, 4) is 0 Å². The summed E-state index contributed by atoms with van der Waals surface area (Å²) in [5, 5.41) is 8.65. The standard InChI is InChI=1S/C14H20N2O4S/c1-14(2)7-3-4-11(8-14)16-21(19,20)12-6-5-10(9-15-12)13(17)18/h5-6,9,11,16H,3-4,7-8H2,1-2H3,(H,17,18). The number of aromatic nitrogens is 1. The molecule has 0 aliphatic heterocycles. The first-order valence-electron chi connectivity index (χ1n) is 6.91. The molecule has 0 aromatic carbocycles. The molecule has 1 fully saturated rings. The molecule has 1 atom stereocenters. The van der Waals surface area contributed by atoms with Crippen LogP contribution in [0.4, 0.5) is 0 Å². The Morgan fingerprint density at radius 3 is 2.67 bits per heavy atom. The van der Waals surface area contributed by atoms with Crippen LogP contribution < -0.4 is 4.72 Å². The van der Waals surface area contributed by atoms with Crippen molar-refractivity contribution in [2.45, 2.75) is 50.6 Å². The lowest BCUT2D eigenvalue weighted by Crippen LogP contribution is -2.40. The quantitative estimate of drug-likeness (QED) is 0.886. The van der Waals surface area contributed by atoms with Crippen molar-refractivity contribution < 1.29 is 18.3 Å². The number of hydrogen-bond donors (Lipinski definition) is 2. The van der Waals surface area contributed by atoms with Gasteiger partial charge in [0.2, 0.25) is 0 Å². The Bertz CT molecular complexity index is 623. The molecule has 1 saturated carbocycles. The third-order valence-corrected chi connectivity index (χ3v) is 5.22. The van der Waals surface area contributed by atoms with Crippen LogP contribution in [0, 0.1) is 5.41 Å². The summed E-state index contributed by atoms with van der Waals surface area (Å²) in [4.78, 5) is 14.5. The maximum absolute atomic E-state index is 12.3. The second kappa shape index (κ2) is 5.73. The molecule has 1 heterocycles. The van der Waals surface area contributed by atoms with Crippen LogP contribution in [0.5, 0.6) is 0 Å². The molecule has 21 heavy (non-hydrogen) atoms. The molecule has 0 radical (unpaired) electrons. The van der Waals surface area contributed by atoms with Crippen LogP contribution in [-0.2, 0) is 10.0 Å². The van der Waals surface area contributed by atoms with Crippen molar-refractivity contribution >= 4 is 16.0 Å². The summed E-state index contributed by atoms with van der Waals surface area (Å²) in [6.45, 7) is 4.26. The van der Waals surface area contributed by atoms with Crippen molar-refractivity contribution in [1.29, 1.82) is 0 Å². The number of carbonyl (C=O) groups is 1. The van der Waals surface area contributed by atoms with E-state index in [0.717, 1.165) is 31.9 Å². The first-order chi connectivity index (χ1) is 9.70. The van der Waals surface area contributed by atoms with Gasteiger partial charge in [-0.05, 0) is 36.8 Å². The van der Waals surface area contributed by atoms with Gasteiger partial charge in [-0.3, -0.25) is 0 Å². The topological polar surface area (TPSA) is 96.4 Å². The number of nitrogens with zero attached hydrogens (tertiary/aromatic N) is 1. The van der Waals surface area contributed by atoms with Crippen LogP contribution in [0.15, 0.2) is 23.4 Å². The van der Waals surface area contributed by atoms with Crippen LogP contribution in [0.25, 0.3) is 0 Å². The Balaban J connectivity index is 2.13. The number of sulfonamides is 1. The van der Waals surface area contributed by atoms with E-state index in [4.69, 9.17) is 5.11 Å². The van der Waals surface area contributed by atoms with E-state index in [9.17, 15) is 13.2 Å². The fourth-order valence-electron chi connectivity index (χ4n) is 2.74. The molecule has 1 unspecified atom stereocenters. The van der Waals surface area contributed by atoms with Gasteiger partial charge in [-0.25, -0.2) is 22.9 Å². The predicted octanol–water partition coefficient (Wildman–Crippen LogP) is 2.03. The Morgan fingerprint density at radius 2 is 2.14 bits per heavy atom. The maximum atomic E-state index is 12.3. The minimum Gasteiger partial charge on any atom is -0.478 e. The molecule has 7 heteroatoms. The highest BCUT2D eigenvalue weighted by molar-refractivity contribution is 7.89. The van der Waals surface area contributed by atoms with E-state index in [-0.39, 0.29) is 22.0 Å². The predicted molar refractivity (Wildman–Crippen MR) is 77.6 cm³/mol. The Kier molecular flexibility index (Phi) is 4.34. The average molecular weight is 312 g/mol. The summed E-state index contributed by atoms with van der Waals surface area (Å²) in [6.07, 6.45) is 4.75. The fraction of sp³-hybridized carbons (Fsp3) is 0.571. The zero-order valence-electron chi connectivity index (χ0n) is 12.2. The van der Waals surface area contributed by atoms with Gasteiger partial charge in [0.1, 0.15) is 0 Å². The molecule has 0 amide bonds. The summed E-state index contributed by atoms with van der Waals surface area (Å²) < 4.78 is 27.2. The second-order valence-corrected chi connectivity index (χ2v) is 7.93. The lowest BCUT2D eigenvalue weighted by atomic mass is 9.75. The van der Waals surface area contributed by atoms with Gasteiger partial charge in [-0.15, -0.1) is 0 Å². The van der Waals surface area contributed by atoms with Crippen molar-refractivity contribution in [2.75, 3.05) is 0 Å². The number of nitrogens with one attached hydrogen (secondary N) is 1. The number of carboxylic acid groups (broad SMARTS) is 1. The third kappa shape index (κ3) is 4.01. The van der Waals surface area contributed by atoms with Crippen LogP contribution in [0.2, 0.25) is 0 Å². The minimum atomic E-state index is -3.71. The highest BCUT2D eigenvalue weighted by Crippen LogP contribution is 2.35. The van der Waals surface area contributed by atoms with Crippen molar-refractivity contribution in [1.82, 2.24) is 9.71 Å². The molecular formula is C14H20N2O4S. The van der Waals surface area contributed by atoms with Crippen LogP contribution in [-0.4, -0.2) is 30.5 Å². The first-order valence-corrected chi connectivity index (χ1v) is 8.40. The summed E-state index contributed by atoms with van der Waals surface area (Å²) in [7, 11) is -3.71. The van der Waals surface area contributed by atoms with Crippen molar-refractivity contribution in [3.63, 3.8) is 0 Å². The lowest BCUT2D eigenvalue weighted by molar-refractivity contribution is 0.0696. The summed E-state index contributed by atoms with van der Waals surface area (Å²) >= 11 is 0. The zero-order valence-corrected chi connectivity index (χ0v) is 13.0. The van der Waals surface area contributed by atoms with Crippen LogP contribution in [0.1, 0.15) is 49.9 Å². The maximum Gasteiger partial charge on any atom is 0.337 e. The van der Waals surface area contributed by atoms with E-state index in [1.165, 1.54) is 12.1 Å². The molecule has 2 rings (SSSR count). The molecule has 2 N–H and O–H groups in total. The van der Waals surface area contributed by atoms with Gasteiger partial charge in [0.15, 0.2) is 5.03 Å². The van der Waals surface area contributed by atoms with E-state index >= 15 is 0 Å². The molecule has 1 aliphatic carbocycles. The zero-order chi connectivity index (χ0) is 15.7. The fourth-order valence-corrected chi connectivity index (χ4v) is 3.94. The van der Waals surface area contributed by atoms with E-state index in [1.807, 2.05) is 0 Å². The first kappa shape index (κ1) is 15.9. The van der Waals surface area contributed by atoms with E-state index < -0.39 is 16.0 Å². The third-order valence-electron chi connectivity index (χ3n) is 3.79. The second-order valence-electron chi connectivity index (χ2n) is 6.27. The normalized spacial score (nSPS) is 21.9. The van der Waals surface area contributed by atoms with E-state index in [2.05, 4.69) is 23.6 Å². The number of pyridine rings is 1. The molecule has 0 bridgehead atoms. The smallest absolute Gasteiger partial charge is 0.337 e. The summed E-state index contributed by atoms with van der Waals surface area (Å²) in [5.74, 6) is -1.13. The molecule has 6 nitrogen and oxygen atoms in total. The van der Waals surface area contributed by atoms with E-state index in [1.54, 1.807) is 0 Å². The van der Waals surface area contributed by atoms with Gasteiger partial charge < -0.3 is 5.11 Å². The van der Waals surface area contributed by atoms with Gasteiger partial charge in [-0.1, -0.05) is 20.3 Å².